The lowest BCUT2D eigenvalue weighted by atomic mass is 9.58. The summed E-state index contributed by atoms with van der Waals surface area (Å²) in [6, 6.07) is 16.7. The highest BCUT2D eigenvalue weighted by molar-refractivity contribution is 9.10. The van der Waals surface area contributed by atoms with Gasteiger partial charge in [0.1, 0.15) is 5.78 Å². The fraction of sp³-hybridized carbons (Fsp3) is 0.480. The van der Waals surface area contributed by atoms with Crippen molar-refractivity contribution in [2.75, 3.05) is 0 Å². The number of hydrogen-bond donors (Lipinski definition) is 1. The van der Waals surface area contributed by atoms with E-state index in [4.69, 9.17) is 0 Å². The van der Waals surface area contributed by atoms with Crippen LogP contribution in [0, 0.1) is 23.2 Å². The minimum atomic E-state index is 0.0295. The Morgan fingerprint density at radius 2 is 1.34 bits per heavy atom. The Morgan fingerprint density at radius 1 is 0.897 bits per heavy atom. The van der Waals surface area contributed by atoms with Crippen LogP contribution in [0.3, 0.4) is 0 Å². The molecule has 2 aromatic carbocycles. The molecule has 2 fully saturated rings. The lowest BCUT2D eigenvalue weighted by molar-refractivity contribution is -0.139. The Kier molecular flexibility index (Phi) is 6.07. The van der Waals surface area contributed by atoms with Crippen molar-refractivity contribution in [1.82, 2.24) is 5.32 Å². The quantitative estimate of drug-likeness (QED) is 0.462. The van der Waals surface area contributed by atoms with Crippen LogP contribution in [0.2, 0.25) is 0 Å². The standard InChI is InChI=1S/C25H29Br2NO/c1-4-25(2,3)15-13-18-22(16-9-5-7-11-20(16)26)28-23(19(14-15)24(18)29)17-10-6-8-12-21(17)27/h5-12,15,18-19,22-23,28H,4,13-14H2,1-3H3. The first-order valence-corrected chi connectivity index (χ1v) is 12.2. The fourth-order valence-corrected chi connectivity index (χ4v) is 6.30. The summed E-state index contributed by atoms with van der Waals surface area (Å²) in [6.45, 7) is 7.02. The van der Waals surface area contributed by atoms with Crippen molar-refractivity contribution in [3.05, 3.63) is 68.6 Å². The predicted octanol–water partition coefficient (Wildman–Crippen LogP) is 7.24. The fourth-order valence-electron chi connectivity index (χ4n) is 5.24. The molecule has 2 aliphatic rings. The maximum Gasteiger partial charge on any atom is 0.142 e. The summed E-state index contributed by atoms with van der Waals surface area (Å²) < 4.78 is 2.15. The van der Waals surface area contributed by atoms with Gasteiger partial charge >= 0.3 is 0 Å². The van der Waals surface area contributed by atoms with Crippen molar-refractivity contribution < 1.29 is 4.79 Å². The zero-order chi connectivity index (χ0) is 20.8. The summed E-state index contributed by atoms with van der Waals surface area (Å²) in [5.74, 6) is 1.05. The van der Waals surface area contributed by atoms with E-state index in [9.17, 15) is 4.79 Å². The molecule has 4 heteroatoms. The van der Waals surface area contributed by atoms with Crippen LogP contribution in [0.15, 0.2) is 57.5 Å². The zero-order valence-corrected chi connectivity index (χ0v) is 20.5. The van der Waals surface area contributed by atoms with E-state index in [1.807, 2.05) is 12.1 Å². The van der Waals surface area contributed by atoms with Gasteiger partial charge < -0.3 is 5.32 Å². The zero-order valence-electron chi connectivity index (χ0n) is 17.3. The van der Waals surface area contributed by atoms with Crippen molar-refractivity contribution in [1.29, 1.82) is 0 Å². The lowest BCUT2D eigenvalue weighted by Crippen LogP contribution is -2.54. The summed E-state index contributed by atoms with van der Waals surface area (Å²) in [5.41, 5.74) is 2.62. The molecule has 0 amide bonds. The molecule has 1 aliphatic heterocycles. The third-order valence-electron chi connectivity index (χ3n) is 7.47. The monoisotopic (exact) mass is 517 g/mol. The number of hydrogen-bond acceptors (Lipinski definition) is 2. The van der Waals surface area contributed by atoms with E-state index in [0.29, 0.717) is 11.7 Å². The van der Waals surface area contributed by atoms with Crippen LogP contribution >= 0.6 is 31.9 Å². The molecule has 1 heterocycles. The van der Waals surface area contributed by atoms with Crippen molar-refractivity contribution in [3.8, 4) is 0 Å². The van der Waals surface area contributed by atoms with Crippen LogP contribution in [0.1, 0.15) is 63.2 Å². The molecule has 4 unspecified atom stereocenters. The van der Waals surface area contributed by atoms with Gasteiger partial charge in [-0.3, -0.25) is 4.79 Å². The van der Waals surface area contributed by atoms with E-state index in [2.05, 4.69) is 94.3 Å². The highest BCUT2D eigenvalue weighted by Crippen LogP contribution is 2.53. The van der Waals surface area contributed by atoms with Gasteiger partial charge in [-0.1, -0.05) is 95.5 Å². The van der Waals surface area contributed by atoms with Crippen LogP contribution < -0.4 is 5.32 Å². The van der Waals surface area contributed by atoms with Crippen LogP contribution in [0.25, 0.3) is 0 Å². The van der Waals surface area contributed by atoms with Crippen molar-refractivity contribution in [2.24, 2.45) is 23.2 Å². The number of carbonyl (C=O) groups excluding carboxylic acids is 1. The van der Waals surface area contributed by atoms with Gasteiger partial charge in [0.15, 0.2) is 0 Å². The largest absolute Gasteiger partial charge is 0.302 e. The van der Waals surface area contributed by atoms with E-state index >= 15 is 0 Å². The average Bonchev–Trinajstić information content (AvgIpc) is 2.69. The maximum atomic E-state index is 13.7. The molecule has 2 aromatic rings. The van der Waals surface area contributed by atoms with E-state index in [0.717, 1.165) is 28.2 Å². The van der Waals surface area contributed by atoms with Crippen LogP contribution in [0.4, 0.5) is 0 Å². The van der Waals surface area contributed by atoms with Gasteiger partial charge in [-0.25, -0.2) is 0 Å². The molecule has 0 aromatic heterocycles. The van der Waals surface area contributed by atoms with E-state index in [-0.39, 0.29) is 29.3 Å². The molecule has 2 nitrogen and oxygen atoms in total. The molecule has 1 saturated carbocycles. The molecule has 4 rings (SSSR count). The number of Topliss-reactive ketones (excluding diaryl/α,β-unsaturated/α-hetero) is 1. The van der Waals surface area contributed by atoms with Gasteiger partial charge in [0.2, 0.25) is 0 Å². The first-order chi connectivity index (χ1) is 13.8. The van der Waals surface area contributed by atoms with Crippen LogP contribution in [-0.2, 0) is 4.79 Å². The number of piperidine rings is 1. The number of fused-ring (bicyclic) bond motifs is 2. The van der Waals surface area contributed by atoms with Gasteiger partial charge in [-0.05, 0) is 47.4 Å². The second-order valence-electron chi connectivity index (χ2n) is 9.29. The normalized spacial score (nSPS) is 29.7. The van der Waals surface area contributed by atoms with E-state index < -0.39 is 0 Å². The third-order valence-corrected chi connectivity index (χ3v) is 8.91. The van der Waals surface area contributed by atoms with Gasteiger partial charge in [0.05, 0.1) is 0 Å². The van der Waals surface area contributed by atoms with Crippen LogP contribution in [0.5, 0.6) is 0 Å². The summed E-state index contributed by atoms with van der Waals surface area (Å²) in [4.78, 5) is 13.7. The first-order valence-electron chi connectivity index (χ1n) is 10.6. The molecule has 154 valence electrons. The molecular weight excluding hydrogens is 490 g/mol. The van der Waals surface area contributed by atoms with Crippen molar-refractivity contribution in [2.45, 2.75) is 52.1 Å². The number of benzene rings is 2. The van der Waals surface area contributed by atoms with Crippen molar-refractivity contribution in [3.63, 3.8) is 0 Å². The summed E-state index contributed by atoms with van der Waals surface area (Å²) in [6.07, 6.45) is 3.08. The summed E-state index contributed by atoms with van der Waals surface area (Å²) in [7, 11) is 0. The molecule has 4 atom stereocenters. The van der Waals surface area contributed by atoms with Gasteiger partial charge in [0.25, 0.3) is 0 Å². The number of ketones is 1. The Bertz CT molecular complexity index is 846. The topological polar surface area (TPSA) is 29.1 Å². The first kappa shape index (κ1) is 21.3. The number of carbonyl (C=O) groups is 1. The number of rotatable bonds is 4. The molecular formula is C25H29Br2NO. The Labute approximate surface area is 191 Å². The van der Waals surface area contributed by atoms with Gasteiger partial charge in [-0.2, -0.15) is 0 Å². The Morgan fingerprint density at radius 3 is 1.76 bits per heavy atom. The molecule has 2 bridgehead atoms. The van der Waals surface area contributed by atoms with Crippen molar-refractivity contribution >= 4 is 37.6 Å². The average molecular weight is 519 g/mol. The summed E-state index contributed by atoms with van der Waals surface area (Å²) >= 11 is 7.48. The van der Waals surface area contributed by atoms with Crippen LogP contribution in [-0.4, -0.2) is 5.78 Å². The highest BCUT2D eigenvalue weighted by atomic mass is 79.9. The molecule has 0 radical (unpaired) electrons. The van der Waals surface area contributed by atoms with Gasteiger partial charge in [0, 0.05) is 32.9 Å². The smallest absolute Gasteiger partial charge is 0.142 e. The number of halogens is 2. The Balaban J connectivity index is 1.81. The predicted molar refractivity (Wildman–Crippen MR) is 126 cm³/mol. The van der Waals surface area contributed by atoms with Gasteiger partial charge in [-0.15, -0.1) is 0 Å². The second-order valence-corrected chi connectivity index (χ2v) is 11.0. The molecule has 0 spiro atoms. The van der Waals surface area contributed by atoms with E-state index in [1.54, 1.807) is 0 Å². The minimum absolute atomic E-state index is 0.0295. The Hall–Kier alpha value is -0.970. The minimum Gasteiger partial charge on any atom is -0.302 e. The van der Waals surface area contributed by atoms with E-state index in [1.165, 1.54) is 11.1 Å². The second kappa shape index (κ2) is 8.28. The molecule has 1 aliphatic carbocycles. The highest BCUT2D eigenvalue weighted by Gasteiger charge is 2.51. The molecule has 1 N–H and O–H groups in total. The molecule has 29 heavy (non-hydrogen) atoms. The molecule has 1 saturated heterocycles. The SMILES string of the molecule is CCC(C)(C)C1CC2C(=O)C(C1)C(c1ccccc1Br)NC2c1ccccc1Br. The lowest BCUT2D eigenvalue weighted by Gasteiger charge is -2.51. The maximum absolute atomic E-state index is 13.7. The summed E-state index contributed by atoms with van der Waals surface area (Å²) in [5, 5.41) is 3.91. The third kappa shape index (κ3) is 3.88. The number of nitrogens with one attached hydrogen (secondary N) is 1.